The number of hydrogen-bond acceptors (Lipinski definition) is 9. The zero-order chi connectivity index (χ0) is 25.9. The molecule has 38 heavy (non-hydrogen) atoms. The first kappa shape index (κ1) is 24.7. The Bertz CT molecular complexity index is 1470. The van der Waals surface area contributed by atoms with Crippen molar-refractivity contribution in [3.05, 3.63) is 59.9 Å². The Balaban J connectivity index is 1.25. The van der Waals surface area contributed by atoms with Gasteiger partial charge in [-0.05, 0) is 93.1 Å². The van der Waals surface area contributed by atoms with Crippen molar-refractivity contribution < 1.29 is 5.11 Å². The molecule has 3 N–H and O–H groups in total. The maximum absolute atomic E-state index is 9.89. The second-order valence-corrected chi connectivity index (χ2v) is 11.3. The topological polar surface area (TPSA) is 110 Å². The van der Waals surface area contributed by atoms with Crippen LogP contribution in [0.2, 0.25) is 0 Å². The van der Waals surface area contributed by atoms with E-state index in [-0.39, 0.29) is 6.10 Å². The number of hydrogen-bond donors (Lipinski definition) is 3. The van der Waals surface area contributed by atoms with Gasteiger partial charge in [0.25, 0.3) is 0 Å². The van der Waals surface area contributed by atoms with Crippen LogP contribution in [0.15, 0.2) is 48.8 Å². The maximum atomic E-state index is 9.89. The predicted molar refractivity (Wildman–Crippen MR) is 151 cm³/mol. The lowest BCUT2D eigenvalue weighted by Crippen LogP contribution is -2.28. The van der Waals surface area contributed by atoms with Crippen molar-refractivity contribution in [2.45, 2.75) is 57.2 Å². The number of anilines is 3. The number of thiazole rings is 1. The van der Waals surface area contributed by atoms with Crippen LogP contribution in [0.5, 0.6) is 0 Å². The molecule has 0 atom stereocenters. The van der Waals surface area contributed by atoms with Crippen molar-refractivity contribution in [2.75, 3.05) is 23.7 Å². The third-order valence-corrected chi connectivity index (χ3v) is 8.30. The van der Waals surface area contributed by atoms with E-state index in [0.717, 1.165) is 83.4 Å². The van der Waals surface area contributed by atoms with Crippen molar-refractivity contribution in [1.29, 1.82) is 5.26 Å². The van der Waals surface area contributed by atoms with Crippen LogP contribution < -0.4 is 10.6 Å². The second-order valence-electron chi connectivity index (χ2n) is 10.3. The maximum Gasteiger partial charge on any atom is 0.189 e. The summed E-state index contributed by atoms with van der Waals surface area (Å²) in [4.78, 5) is 16.4. The van der Waals surface area contributed by atoms with Gasteiger partial charge in [0, 0.05) is 30.5 Å². The SMILES string of the molecule is N#Cc1cncc(-c2ccc3nc(Nc4cc(CN5CCCC5)cc(N[C@H]5CC[C@H](O)CC5)n4)sc3c2)c1. The average Bonchev–Trinajstić information content (AvgIpc) is 3.59. The van der Waals surface area contributed by atoms with E-state index < -0.39 is 0 Å². The highest BCUT2D eigenvalue weighted by atomic mass is 32.1. The monoisotopic (exact) mass is 525 g/mol. The van der Waals surface area contributed by atoms with E-state index in [0.29, 0.717) is 11.6 Å². The molecular weight excluding hydrogens is 494 g/mol. The minimum Gasteiger partial charge on any atom is -0.393 e. The quantitative estimate of drug-likeness (QED) is 0.283. The molecule has 1 saturated carbocycles. The molecule has 2 aliphatic rings. The molecule has 9 heteroatoms. The summed E-state index contributed by atoms with van der Waals surface area (Å²) >= 11 is 1.59. The summed E-state index contributed by atoms with van der Waals surface area (Å²) in [5.74, 6) is 1.66. The van der Waals surface area contributed by atoms with Gasteiger partial charge in [0.05, 0.1) is 21.9 Å². The van der Waals surface area contributed by atoms with Crippen LogP contribution in [-0.2, 0) is 6.54 Å². The van der Waals surface area contributed by atoms with Gasteiger partial charge >= 0.3 is 0 Å². The van der Waals surface area contributed by atoms with Crippen molar-refractivity contribution in [2.24, 2.45) is 0 Å². The van der Waals surface area contributed by atoms with Gasteiger partial charge in [0.1, 0.15) is 17.7 Å². The molecule has 0 spiro atoms. The molecule has 6 rings (SSSR count). The lowest BCUT2D eigenvalue weighted by Gasteiger charge is -2.27. The fourth-order valence-corrected chi connectivity index (χ4v) is 6.28. The largest absolute Gasteiger partial charge is 0.393 e. The summed E-state index contributed by atoms with van der Waals surface area (Å²) in [5.41, 5.74) is 4.61. The number of pyridine rings is 2. The molecule has 1 aliphatic carbocycles. The number of aliphatic hydroxyl groups is 1. The highest BCUT2D eigenvalue weighted by Gasteiger charge is 2.20. The van der Waals surface area contributed by atoms with Crippen LogP contribution in [0.3, 0.4) is 0 Å². The first-order valence-corrected chi connectivity index (χ1v) is 14.1. The average molecular weight is 526 g/mol. The van der Waals surface area contributed by atoms with Gasteiger partial charge in [0.15, 0.2) is 5.13 Å². The van der Waals surface area contributed by atoms with Gasteiger partial charge in [0.2, 0.25) is 0 Å². The molecule has 2 fully saturated rings. The summed E-state index contributed by atoms with van der Waals surface area (Å²) in [5, 5.41) is 27.0. The smallest absolute Gasteiger partial charge is 0.189 e. The van der Waals surface area contributed by atoms with Gasteiger partial charge < -0.3 is 15.7 Å². The number of aromatic nitrogens is 3. The summed E-state index contributed by atoms with van der Waals surface area (Å²) < 4.78 is 1.06. The Hall–Kier alpha value is -3.58. The third-order valence-electron chi connectivity index (χ3n) is 7.36. The Kier molecular flexibility index (Phi) is 7.18. The third kappa shape index (κ3) is 5.78. The molecule has 0 radical (unpaired) electrons. The molecule has 4 aromatic rings. The minimum atomic E-state index is -0.175. The first-order chi connectivity index (χ1) is 18.6. The van der Waals surface area contributed by atoms with Crippen LogP contribution in [0.1, 0.15) is 49.7 Å². The number of aliphatic hydroxyl groups excluding tert-OH is 1. The first-order valence-electron chi connectivity index (χ1n) is 13.3. The lowest BCUT2D eigenvalue weighted by molar-refractivity contribution is 0.126. The standard InChI is InChI=1S/C29H31N7OS/c30-15-20-11-22(17-31-16-20)21-3-8-25-26(14-21)38-29(33-25)35-28-13-19(18-36-9-1-2-10-36)12-27(34-28)32-23-4-6-24(37)7-5-23/h3,8,11-14,16-17,23-24,37H,1-2,4-7,9-10,18H2,(H2,32,33,34,35)/t23-,24-. The normalized spacial score (nSPS) is 19.9. The van der Waals surface area contributed by atoms with Crippen molar-refractivity contribution in [3.63, 3.8) is 0 Å². The summed E-state index contributed by atoms with van der Waals surface area (Å²) in [6.45, 7) is 3.19. The van der Waals surface area contributed by atoms with Crippen LogP contribution in [0, 0.1) is 11.3 Å². The number of fused-ring (bicyclic) bond motifs is 1. The van der Waals surface area contributed by atoms with E-state index in [1.807, 2.05) is 18.2 Å². The van der Waals surface area contributed by atoms with E-state index in [1.54, 1.807) is 23.7 Å². The molecule has 0 amide bonds. The molecule has 194 valence electrons. The zero-order valence-corrected chi connectivity index (χ0v) is 22.0. The molecule has 8 nitrogen and oxygen atoms in total. The number of nitriles is 1. The second kappa shape index (κ2) is 11.0. The highest BCUT2D eigenvalue weighted by Crippen LogP contribution is 2.33. The molecule has 4 heterocycles. The Morgan fingerprint density at radius 1 is 0.974 bits per heavy atom. The number of likely N-dealkylation sites (tertiary alicyclic amines) is 1. The minimum absolute atomic E-state index is 0.175. The highest BCUT2D eigenvalue weighted by molar-refractivity contribution is 7.22. The number of nitrogens with one attached hydrogen (secondary N) is 2. The van der Waals surface area contributed by atoms with Crippen LogP contribution >= 0.6 is 11.3 Å². The lowest BCUT2D eigenvalue weighted by atomic mass is 9.93. The summed E-state index contributed by atoms with van der Waals surface area (Å²) in [6, 6.07) is 14.8. The molecule has 3 aromatic heterocycles. The van der Waals surface area contributed by atoms with Crippen LogP contribution in [-0.4, -0.2) is 50.2 Å². The van der Waals surface area contributed by atoms with E-state index in [4.69, 9.17) is 9.97 Å². The Morgan fingerprint density at radius 3 is 2.61 bits per heavy atom. The van der Waals surface area contributed by atoms with Crippen molar-refractivity contribution in [1.82, 2.24) is 19.9 Å². The van der Waals surface area contributed by atoms with E-state index in [1.165, 1.54) is 18.4 Å². The van der Waals surface area contributed by atoms with E-state index in [2.05, 4.69) is 44.8 Å². The van der Waals surface area contributed by atoms with Crippen molar-refractivity contribution >= 4 is 38.3 Å². The van der Waals surface area contributed by atoms with Gasteiger partial charge in [-0.25, -0.2) is 9.97 Å². The Morgan fingerprint density at radius 2 is 1.79 bits per heavy atom. The van der Waals surface area contributed by atoms with Crippen LogP contribution in [0.4, 0.5) is 16.8 Å². The molecule has 1 saturated heterocycles. The van der Waals surface area contributed by atoms with Gasteiger partial charge in [-0.2, -0.15) is 5.26 Å². The molecule has 1 aromatic carbocycles. The fourth-order valence-electron chi connectivity index (χ4n) is 5.37. The number of rotatable bonds is 7. The fraction of sp³-hybridized carbons (Fsp3) is 0.379. The van der Waals surface area contributed by atoms with Gasteiger partial charge in [-0.1, -0.05) is 17.4 Å². The predicted octanol–water partition coefficient (Wildman–Crippen LogP) is 5.68. The van der Waals surface area contributed by atoms with Crippen molar-refractivity contribution in [3.8, 4) is 17.2 Å². The summed E-state index contributed by atoms with van der Waals surface area (Å²) in [6.07, 6.45) is 9.27. The molecule has 1 aliphatic heterocycles. The number of nitrogens with zero attached hydrogens (tertiary/aromatic N) is 5. The zero-order valence-electron chi connectivity index (χ0n) is 21.2. The number of benzene rings is 1. The van der Waals surface area contributed by atoms with Gasteiger partial charge in [-0.15, -0.1) is 0 Å². The molecule has 0 bridgehead atoms. The van der Waals surface area contributed by atoms with Crippen LogP contribution in [0.25, 0.3) is 21.3 Å². The Labute approximate surface area is 226 Å². The summed E-state index contributed by atoms with van der Waals surface area (Å²) in [7, 11) is 0. The van der Waals surface area contributed by atoms with Gasteiger partial charge in [-0.3, -0.25) is 9.88 Å². The van der Waals surface area contributed by atoms with E-state index in [9.17, 15) is 10.4 Å². The molecule has 0 unspecified atom stereocenters. The molecular formula is C29H31N7OS. The van der Waals surface area contributed by atoms with E-state index >= 15 is 0 Å².